The lowest BCUT2D eigenvalue weighted by Crippen LogP contribution is -2.58. The zero-order chi connectivity index (χ0) is 26.5. The van der Waals surface area contributed by atoms with Crippen molar-refractivity contribution in [3.05, 3.63) is 0 Å². The van der Waals surface area contributed by atoms with E-state index in [-0.39, 0.29) is 18.1 Å². The highest BCUT2D eigenvalue weighted by molar-refractivity contribution is 6.74. The van der Waals surface area contributed by atoms with E-state index < -0.39 is 49.3 Å². The van der Waals surface area contributed by atoms with Gasteiger partial charge in [0.2, 0.25) is 0 Å². The van der Waals surface area contributed by atoms with Gasteiger partial charge in [0, 0.05) is 6.42 Å². The van der Waals surface area contributed by atoms with E-state index in [1.807, 2.05) is 0 Å². The minimum Gasteiger partial charge on any atom is -0.467 e. The molecule has 2 N–H and O–H groups in total. The summed E-state index contributed by atoms with van der Waals surface area (Å²) >= 11 is 0. The first-order chi connectivity index (χ1) is 14.5. The fourth-order valence-electron chi connectivity index (χ4n) is 2.49. The van der Waals surface area contributed by atoms with Gasteiger partial charge in [-0.25, -0.2) is 14.4 Å². The van der Waals surface area contributed by atoms with Gasteiger partial charge in [-0.2, -0.15) is 0 Å². The predicted octanol–water partition coefficient (Wildman–Crippen LogP) is 4.75. The number of carbonyl (C=O) groups excluding carboxylic acids is 3. The fourth-order valence-corrected chi connectivity index (χ4v) is 3.60. The lowest BCUT2D eigenvalue weighted by molar-refractivity contribution is -0.143. The number of rotatable bonds is 8. The number of methoxy groups -OCH3 is 1. The Balaban J connectivity index is 5.86. The minimum absolute atomic E-state index is 0.00673. The Morgan fingerprint density at radius 1 is 0.818 bits per heavy atom. The maximum Gasteiger partial charge on any atom is 0.408 e. The SMILES string of the molecule is COC(=O)[C@@H](C[C@](C)(CO[Si](C)(C)C(C)(C)C)NC(=O)OC(C)(C)C)NC(=O)OC(C)(C)C. The topological polar surface area (TPSA) is 112 Å². The van der Waals surface area contributed by atoms with Crippen LogP contribution in [0.3, 0.4) is 0 Å². The van der Waals surface area contributed by atoms with Gasteiger partial charge in [0.1, 0.15) is 17.2 Å². The first-order valence-electron chi connectivity index (χ1n) is 11.2. The minimum atomic E-state index is -2.18. The van der Waals surface area contributed by atoms with Gasteiger partial charge < -0.3 is 29.3 Å². The van der Waals surface area contributed by atoms with Crippen LogP contribution in [0.5, 0.6) is 0 Å². The maximum atomic E-state index is 12.6. The third kappa shape index (κ3) is 12.3. The van der Waals surface area contributed by atoms with Crippen LogP contribution in [0.15, 0.2) is 0 Å². The van der Waals surface area contributed by atoms with Crippen LogP contribution in [0.25, 0.3) is 0 Å². The lowest BCUT2D eigenvalue weighted by Gasteiger charge is -2.41. The summed E-state index contributed by atoms with van der Waals surface area (Å²) < 4.78 is 22.0. The number of ether oxygens (including phenoxy) is 3. The molecular weight excluding hydrogens is 444 g/mol. The molecule has 2 atom stereocenters. The van der Waals surface area contributed by atoms with Crippen LogP contribution < -0.4 is 10.6 Å². The van der Waals surface area contributed by atoms with E-state index in [9.17, 15) is 14.4 Å². The summed E-state index contributed by atoms with van der Waals surface area (Å²) in [5, 5.41) is 5.34. The van der Waals surface area contributed by atoms with E-state index in [1.165, 1.54) is 7.11 Å². The van der Waals surface area contributed by atoms with E-state index in [4.69, 9.17) is 18.6 Å². The smallest absolute Gasteiger partial charge is 0.408 e. The number of amides is 2. The van der Waals surface area contributed by atoms with E-state index in [2.05, 4.69) is 44.5 Å². The zero-order valence-corrected chi connectivity index (χ0v) is 23.8. The van der Waals surface area contributed by atoms with Crippen molar-refractivity contribution in [2.24, 2.45) is 0 Å². The van der Waals surface area contributed by atoms with E-state index >= 15 is 0 Å². The molecule has 0 unspecified atom stereocenters. The Bertz CT molecular complexity index is 690. The van der Waals surface area contributed by atoms with Crippen LogP contribution >= 0.6 is 0 Å². The summed E-state index contributed by atoms with van der Waals surface area (Å²) in [5.41, 5.74) is -2.50. The molecular formula is C23H46N2O7Si. The highest BCUT2D eigenvalue weighted by atomic mass is 28.4. The number of carbonyl (C=O) groups is 3. The van der Waals surface area contributed by atoms with Crippen molar-refractivity contribution in [1.82, 2.24) is 10.6 Å². The molecule has 0 radical (unpaired) electrons. The Hall–Kier alpha value is -1.81. The molecule has 0 saturated heterocycles. The molecule has 10 heteroatoms. The van der Waals surface area contributed by atoms with E-state index in [0.717, 1.165) is 0 Å². The molecule has 0 aromatic carbocycles. The molecule has 0 saturated carbocycles. The van der Waals surface area contributed by atoms with Crippen LogP contribution in [0.2, 0.25) is 18.1 Å². The van der Waals surface area contributed by atoms with Crippen molar-refractivity contribution < 1.29 is 33.0 Å². The molecule has 0 aromatic heterocycles. The molecule has 9 nitrogen and oxygen atoms in total. The van der Waals surface area contributed by atoms with Crippen molar-refractivity contribution in [3.63, 3.8) is 0 Å². The van der Waals surface area contributed by atoms with Gasteiger partial charge in [-0.3, -0.25) is 0 Å². The third-order valence-electron chi connectivity index (χ3n) is 5.19. The first-order valence-corrected chi connectivity index (χ1v) is 14.1. The quantitative estimate of drug-likeness (QED) is 0.287. The number of hydrogen-bond acceptors (Lipinski definition) is 7. The Kier molecular flexibility index (Phi) is 10.5. The fraction of sp³-hybridized carbons (Fsp3) is 0.870. The van der Waals surface area contributed by atoms with Gasteiger partial charge in [-0.1, -0.05) is 20.8 Å². The van der Waals surface area contributed by atoms with Crippen LogP contribution in [0, 0.1) is 0 Å². The largest absolute Gasteiger partial charge is 0.467 e. The average Bonchev–Trinajstić information content (AvgIpc) is 2.54. The molecule has 0 heterocycles. The van der Waals surface area contributed by atoms with E-state index in [1.54, 1.807) is 48.5 Å². The molecule has 0 aliphatic rings. The normalized spacial score (nSPS) is 15.7. The average molecular weight is 491 g/mol. The second-order valence-electron chi connectivity index (χ2n) is 12.2. The van der Waals surface area contributed by atoms with Crippen molar-refractivity contribution in [2.75, 3.05) is 13.7 Å². The zero-order valence-electron chi connectivity index (χ0n) is 22.8. The maximum absolute atomic E-state index is 12.6. The molecule has 2 amide bonds. The Morgan fingerprint density at radius 2 is 1.27 bits per heavy atom. The monoisotopic (exact) mass is 490 g/mol. The highest BCUT2D eigenvalue weighted by Crippen LogP contribution is 2.37. The third-order valence-corrected chi connectivity index (χ3v) is 9.67. The van der Waals surface area contributed by atoms with Gasteiger partial charge in [0.15, 0.2) is 8.32 Å². The van der Waals surface area contributed by atoms with Crippen molar-refractivity contribution >= 4 is 26.5 Å². The standard InChI is InChI=1S/C23H46N2O7Si/c1-20(2,3)31-18(27)24-16(17(26)29-11)14-23(10,25-19(28)32-21(4,5)6)15-30-33(12,13)22(7,8)9/h16H,14-15H2,1-13H3,(H,24,27)(H,25,28)/t16-,23-/m1/s1. The summed E-state index contributed by atoms with van der Waals surface area (Å²) in [7, 11) is -0.950. The molecule has 0 rings (SSSR count). The predicted molar refractivity (Wildman–Crippen MR) is 131 cm³/mol. The van der Waals surface area contributed by atoms with Gasteiger partial charge >= 0.3 is 18.2 Å². The van der Waals surface area contributed by atoms with Crippen molar-refractivity contribution in [1.29, 1.82) is 0 Å². The van der Waals surface area contributed by atoms with Crippen molar-refractivity contribution in [2.45, 2.75) is 117 Å². The van der Waals surface area contributed by atoms with Gasteiger partial charge in [-0.05, 0) is 66.6 Å². The van der Waals surface area contributed by atoms with Crippen LogP contribution in [-0.4, -0.2) is 63.0 Å². The Labute approximate surface area is 200 Å². The second kappa shape index (κ2) is 11.1. The van der Waals surface area contributed by atoms with Crippen LogP contribution in [0.1, 0.15) is 75.7 Å². The summed E-state index contributed by atoms with van der Waals surface area (Å²) in [6, 6.07) is -1.08. The molecule has 0 fully saturated rings. The van der Waals surface area contributed by atoms with Gasteiger partial charge in [-0.15, -0.1) is 0 Å². The van der Waals surface area contributed by atoms with Gasteiger partial charge in [0.25, 0.3) is 0 Å². The molecule has 33 heavy (non-hydrogen) atoms. The molecule has 0 aliphatic carbocycles. The molecule has 0 aliphatic heterocycles. The lowest BCUT2D eigenvalue weighted by atomic mass is 9.94. The molecule has 0 aromatic rings. The summed E-state index contributed by atoms with van der Waals surface area (Å²) in [6.07, 6.45) is -1.40. The summed E-state index contributed by atoms with van der Waals surface area (Å²) in [5.74, 6) is -0.662. The van der Waals surface area contributed by atoms with Crippen molar-refractivity contribution in [3.8, 4) is 0 Å². The summed E-state index contributed by atoms with van der Waals surface area (Å²) in [6.45, 7) is 22.8. The molecule has 0 bridgehead atoms. The van der Waals surface area contributed by atoms with E-state index in [0.29, 0.717) is 0 Å². The number of alkyl carbamates (subject to hydrolysis) is 2. The highest BCUT2D eigenvalue weighted by Gasteiger charge is 2.42. The second-order valence-corrected chi connectivity index (χ2v) is 17.0. The number of hydrogen-bond donors (Lipinski definition) is 2. The van der Waals surface area contributed by atoms with Crippen LogP contribution in [0.4, 0.5) is 9.59 Å². The number of esters is 1. The first kappa shape index (κ1) is 31.2. The summed E-state index contributed by atoms with van der Waals surface area (Å²) in [4.78, 5) is 37.5. The number of nitrogens with one attached hydrogen (secondary N) is 2. The van der Waals surface area contributed by atoms with Gasteiger partial charge in [0.05, 0.1) is 19.3 Å². The Morgan fingerprint density at radius 3 is 1.67 bits per heavy atom. The van der Waals surface area contributed by atoms with Crippen LogP contribution in [-0.2, 0) is 23.4 Å². The molecule has 0 spiro atoms. The molecule has 194 valence electrons.